The third-order valence-corrected chi connectivity index (χ3v) is 0.167. The monoisotopic (exact) mass is 457 g/mol. The Labute approximate surface area is 163 Å². The van der Waals surface area contributed by atoms with Crippen molar-refractivity contribution in [3.63, 3.8) is 0 Å². The normalized spacial score (nSPS) is 5.91. The van der Waals surface area contributed by atoms with Crippen LogP contribution in [0.1, 0.15) is 27.7 Å². The molecule has 11 N–H and O–H groups in total. The van der Waals surface area contributed by atoms with Crippen LogP contribution >= 0.6 is 0 Å². The Bertz CT molecular complexity index is 199. The van der Waals surface area contributed by atoms with Gasteiger partial charge in [-0.2, -0.15) is 0 Å². The molecule has 0 aliphatic carbocycles. The molecule has 0 saturated heterocycles. The van der Waals surface area contributed by atoms with Crippen molar-refractivity contribution >= 4 is 23.9 Å². The average molecular weight is 457 g/mol. The van der Waals surface area contributed by atoms with E-state index in [0.29, 0.717) is 13.1 Å². The predicted molar refractivity (Wildman–Crippen MR) is 76.4 cm³/mol. The minimum Gasteiger partial charge on any atom is -0.481 e. The molecular weight excluding hydrogens is 430 g/mol. The predicted octanol–water partition coefficient (Wildman–Crippen LogP) is -0.571. The van der Waals surface area contributed by atoms with Gasteiger partial charge in [0.25, 0.3) is 23.9 Å². The zero-order valence-electron chi connectivity index (χ0n) is 13.2. The van der Waals surface area contributed by atoms with E-state index in [2.05, 4.69) is 0 Å². The summed E-state index contributed by atoms with van der Waals surface area (Å²) in [5.74, 6) is -3.33. The molecule has 0 fully saturated rings. The van der Waals surface area contributed by atoms with Crippen LogP contribution in [0, 0.1) is 41.7 Å². The minimum atomic E-state index is -0.833. The molecule has 0 aromatic heterocycles. The Kier molecular flexibility index (Phi) is 83.3. The van der Waals surface area contributed by atoms with E-state index in [9.17, 15) is 0 Å². The molecule has 0 unspecified atom stereocenters. The van der Waals surface area contributed by atoms with E-state index in [4.69, 9.17) is 51.1 Å². The van der Waals surface area contributed by atoms with Crippen LogP contribution in [0.2, 0.25) is 0 Å². The van der Waals surface area contributed by atoms with Gasteiger partial charge in [0.1, 0.15) is 0 Å². The number of carbonyl (C=O) groups is 4. The van der Waals surface area contributed by atoms with Crippen LogP contribution in [0.5, 0.6) is 0 Å². The van der Waals surface area contributed by atoms with Crippen LogP contribution in [-0.2, 0) is 19.2 Å². The number of aliphatic carboxylic acids is 4. The molecule has 0 heterocycles. The van der Waals surface area contributed by atoms with Gasteiger partial charge in [-0.15, -0.1) is 0 Å². The van der Waals surface area contributed by atoms with Crippen molar-refractivity contribution in [2.24, 2.45) is 11.5 Å². The summed E-state index contributed by atoms with van der Waals surface area (Å²) in [5, 5.41) is 29.7. The molecular formula is C10H27CeN3O8. The molecule has 134 valence electrons. The first-order chi connectivity index (χ1) is 8.84. The Morgan fingerprint density at radius 2 is 0.682 bits per heavy atom. The summed E-state index contributed by atoms with van der Waals surface area (Å²) in [5.41, 5.74) is 9.81. The standard InChI is InChI=1S/C2H8N2.4C2H4O2.Ce.H3N/c3-1-2-4;4*1-2(3)4;;/h1-4H2;4*1H3,(H,3,4);;1H3. The number of rotatable bonds is 1. The van der Waals surface area contributed by atoms with Gasteiger partial charge in [-0.05, 0) is 0 Å². The Morgan fingerprint density at radius 3 is 0.682 bits per heavy atom. The molecule has 0 rings (SSSR count). The van der Waals surface area contributed by atoms with E-state index in [1.54, 1.807) is 0 Å². The molecule has 0 bridgehead atoms. The fourth-order valence-corrected chi connectivity index (χ4v) is 0. The third-order valence-electron chi connectivity index (χ3n) is 0.167. The van der Waals surface area contributed by atoms with E-state index < -0.39 is 23.9 Å². The van der Waals surface area contributed by atoms with E-state index in [1.807, 2.05) is 0 Å². The Balaban J connectivity index is -0.0000000250. The fourth-order valence-electron chi connectivity index (χ4n) is 0. The summed E-state index contributed by atoms with van der Waals surface area (Å²) in [7, 11) is 0. The van der Waals surface area contributed by atoms with Crippen LogP contribution in [0.4, 0.5) is 0 Å². The summed E-state index contributed by atoms with van der Waals surface area (Å²) in [6.07, 6.45) is 0. The summed E-state index contributed by atoms with van der Waals surface area (Å²) in [4.78, 5) is 36.0. The van der Waals surface area contributed by atoms with Crippen molar-refractivity contribution in [1.29, 1.82) is 0 Å². The molecule has 12 heteroatoms. The molecule has 0 radical (unpaired) electrons. The molecule has 22 heavy (non-hydrogen) atoms. The van der Waals surface area contributed by atoms with Crippen molar-refractivity contribution in [1.82, 2.24) is 6.15 Å². The van der Waals surface area contributed by atoms with Crippen LogP contribution in [0.15, 0.2) is 0 Å². The minimum absolute atomic E-state index is 0. The van der Waals surface area contributed by atoms with E-state index in [0.717, 1.165) is 27.7 Å². The second-order valence-corrected chi connectivity index (χ2v) is 2.65. The smallest absolute Gasteiger partial charge is 0.300 e. The van der Waals surface area contributed by atoms with E-state index >= 15 is 0 Å². The van der Waals surface area contributed by atoms with Gasteiger partial charge in [-0.1, -0.05) is 0 Å². The van der Waals surface area contributed by atoms with Gasteiger partial charge in [0.05, 0.1) is 0 Å². The number of hydrogen-bond acceptors (Lipinski definition) is 7. The molecule has 0 aromatic rings. The zero-order valence-corrected chi connectivity index (χ0v) is 16.3. The maximum atomic E-state index is 9.00. The van der Waals surface area contributed by atoms with Gasteiger partial charge in [0.15, 0.2) is 0 Å². The summed E-state index contributed by atoms with van der Waals surface area (Å²) in [6.45, 7) is 5.53. The van der Waals surface area contributed by atoms with E-state index in [-0.39, 0.29) is 47.9 Å². The van der Waals surface area contributed by atoms with Crippen molar-refractivity contribution in [3.05, 3.63) is 0 Å². The molecule has 0 spiro atoms. The Morgan fingerprint density at radius 1 is 0.636 bits per heavy atom. The second kappa shape index (κ2) is 42.7. The molecule has 11 nitrogen and oxygen atoms in total. The Hall–Kier alpha value is -0.863. The topological polar surface area (TPSA) is 236 Å². The van der Waals surface area contributed by atoms with Crippen LogP contribution in [0.3, 0.4) is 0 Å². The number of carboxylic acids is 4. The van der Waals surface area contributed by atoms with Crippen LogP contribution in [0.25, 0.3) is 0 Å². The summed E-state index contributed by atoms with van der Waals surface area (Å²) in [6, 6.07) is 0. The molecule has 0 aliphatic rings. The zero-order chi connectivity index (χ0) is 17.7. The molecule has 0 amide bonds. The first-order valence-electron chi connectivity index (χ1n) is 5.03. The van der Waals surface area contributed by atoms with Crippen LogP contribution in [-0.4, -0.2) is 57.4 Å². The number of carboxylic acid groups (broad SMARTS) is 4. The van der Waals surface area contributed by atoms with Crippen molar-refractivity contribution in [3.8, 4) is 0 Å². The van der Waals surface area contributed by atoms with Crippen LogP contribution < -0.4 is 17.6 Å². The first-order valence-corrected chi connectivity index (χ1v) is 5.03. The summed E-state index contributed by atoms with van der Waals surface area (Å²) >= 11 is 0. The van der Waals surface area contributed by atoms with Gasteiger partial charge in [0.2, 0.25) is 0 Å². The van der Waals surface area contributed by atoms with Gasteiger partial charge >= 0.3 is 0 Å². The van der Waals surface area contributed by atoms with Gasteiger partial charge in [-0.25, -0.2) is 0 Å². The quantitative estimate of drug-likeness (QED) is 0.263. The maximum absolute atomic E-state index is 9.00. The van der Waals surface area contributed by atoms with Crippen molar-refractivity contribution in [2.45, 2.75) is 27.7 Å². The molecule has 0 saturated carbocycles. The molecule has 0 aliphatic heterocycles. The van der Waals surface area contributed by atoms with Gasteiger partial charge < -0.3 is 38.0 Å². The largest absolute Gasteiger partial charge is 0.481 e. The van der Waals surface area contributed by atoms with Gasteiger partial charge in [0, 0.05) is 82.5 Å². The maximum Gasteiger partial charge on any atom is 0.300 e. The first kappa shape index (κ1) is 42.9. The summed E-state index contributed by atoms with van der Waals surface area (Å²) < 4.78 is 0. The van der Waals surface area contributed by atoms with Crippen molar-refractivity contribution < 1.29 is 81.4 Å². The second-order valence-electron chi connectivity index (χ2n) is 2.65. The molecule has 0 aromatic carbocycles. The fraction of sp³-hybridized carbons (Fsp3) is 0.600. The average Bonchev–Trinajstić information content (AvgIpc) is 2.13. The number of hydrogen-bond donors (Lipinski definition) is 7. The van der Waals surface area contributed by atoms with Gasteiger partial charge in [-0.3, -0.25) is 19.2 Å². The molecule has 0 atom stereocenters. The SMILES string of the molecule is CC(=O)O.CC(=O)O.CC(=O)O.CC(=O)O.N.NCCN.[Ce]. The van der Waals surface area contributed by atoms with Crippen molar-refractivity contribution in [2.75, 3.05) is 13.1 Å². The van der Waals surface area contributed by atoms with E-state index in [1.165, 1.54) is 0 Å². The number of nitrogens with two attached hydrogens (primary N) is 2. The third kappa shape index (κ3) is 337000.